The molecule has 23 heavy (non-hydrogen) atoms. The smallest absolute Gasteiger partial charge is 0.354 e. The van der Waals surface area contributed by atoms with Crippen LogP contribution in [0.1, 0.15) is 36.8 Å². The van der Waals surface area contributed by atoms with E-state index in [2.05, 4.69) is 10.2 Å². The molecular weight excluding hydrogens is 305 g/mol. The lowest BCUT2D eigenvalue weighted by Gasteiger charge is -2.24. The van der Waals surface area contributed by atoms with E-state index in [0.29, 0.717) is 18.5 Å². The summed E-state index contributed by atoms with van der Waals surface area (Å²) in [6.07, 6.45) is 0.180. The van der Waals surface area contributed by atoms with Gasteiger partial charge in [0, 0.05) is 6.54 Å². The first-order valence-corrected chi connectivity index (χ1v) is 8.02. The monoisotopic (exact) mass is 328 g/mol. The Kier molecular flexibility index (Phi) is 6.04. The molecule has 1 aliphatic rings. The van der Waals surface area contributed by atoms with Crippen molar-refractivity contribution < 1.29 is 18.0 Å². The molecule has 0 aliphatic carbocycles. The van der Waals surface area contributed by atoms with Gasteiger partial charge in [0.05, 0.1) is 11.6 Å². The molecule has 1 aliphatic heterocycles. The number of carbonyl (C=O) groups excluding carboxylic acids is 1. The van der Waals surface area contributed by atoms with Crippen LogP contribution in [0.3, 0.4) is 0 Å². The van der Waals surface area contributed by atoms with E-state index >= 15 is 0 Å². The number of nitrogens with one attached hydrogen (secondary N) is 1. The van der Waals surface area contributed by atoms with Crippen LogP contribution in [0.4, 0.5) is 13.2 Å². The highest BCUT2D eigenvalue weighted by atomic mass is 19.4. The van der Waals surface area contributed by atoms with E-state index in [4.69, 9.17) is 0 Å². The number of rotatable bonds is 4. The van der Waals surface area contributed by atoms with Gasteiger partial charge in [0.15, 0.2) is 0 Å². The van der Waals surface area contributed by atoms with Crippen molar-refractivity contribution in [3.8, 4) is 0 Å². The van der Waals surface area contributed by atoms with Gasteiger partial charge in [-0.3, -0.25) is 9.69 Å². The number of alkyl halides is 3. The Morgan fingerprint density at radius 2 is 2.09 bits per heavy atom. The molecular formula is C17H23F3N2O. The molecule has 0 aromatic heterocycles. The maximum Gasteiger partial charge on any atom is 0.416 e. The minimum atomic E-state index is -4.33. The van der Waals surface area contributed by atoms with Gasteiger partial charge in [0.2, 0.25) is 5.91 Å². The number of carbonyl (C=O) groups is 1. The first kappa shape index (κ1) is 17.8. The molecule has 128 valence electrons. The average Bonchev–Trinajstić information content (AvgIpc) is 2.71. The first-order chi connectivity index (χ1) is 10.9. The van der Waals surface area contributed by atoms with Crippen LogP contribution in [0.5, 0.6) is 0 Å². The number of amides is 1. The molecule has 1 atom stereocenters. The third kappa shape index (κ3) is 5.23. The quantitative estimate of drug-likeness (QED) is 0.920. The number of hydrogen-bond acceptors (Lipinski definition) is 2. The predicted molar refractivity (Wildman–Crippen MR) is 83.0 cm³/mol. The molecule has 3 nitrogen and oxygen atoms in total. The summed E-state index contributed by atoms with van der Waals surface area (Å²) in [5, 5.41) is 2.86. The van der Waals surface area contributed by atoms with Gasteiger partial charge in [-0.25, -0.2) is 0 Å². The summed E-state index contributed by atoms with van der Waals surface area (Å²) >= 11 is 0. The fourth-order valence-corrected chi connectivity index (χ4v) is 2.93. The molecule has 1 aromatic carbocycles. The van der Waals surface area contributed by atoms with Crippen molar-refractivity contribution in [1.29, 1.82) is 0 Å². The molecule has 2 rings (SSSR count). The van der Waals surface area contributed by atoms with E-state index in [9.17, 15) is 18.0 Å². The average molecular weight is 328 g/mol. The van der Waals surface area contributed by atoms with Gasteiger partial charge < -0.3 is 5.32 Å². The summed E-state index contributed by atoms with van der Waals surface area (Å²) < 4.78 is 38.0. The molecule has 1 aromatic rings. The summed E-state index contributed by atoms with van der Waals surface area (Å²) in [5.74, 6) is -0.0265. The van der Waals surface area contributed by atoms with Crippen LogP contribution in [0.25, 0.3) is 0 Å². The number of nitrogens with zero attached hydrogens (tertiary/aromatic N) is 1. The fourth-order valence-electron chi connectivity index (χ4n) is 2.93. The summed E-state index contributed by atoms with van der Waals surface area (Å²) in [6.45, 7) is 1.26. The number of hydrogen-bond donors (Lipinski definition) is 1. The molecule has 1 N–H and O–H groups in total. The first-order valence-electron chi connectivity index (χ1n) is 8.02. The highest BCUT2D eigenvalue weighted by molar-refractivity contribution is 5.81. The summed E-state index contributed by atoms with van der Waals surface area (Å²) in [6, 6.07) is 5.13. The number of likely N-dealkylation sites (N-methyl/N-ethyl adjacent to an activating group) is 1. The minimum absolute atomic E-state index is 0.0265. The van der Waals surface area contributed by atoms with Crippen LogP contribution in [0.15, 0.2) is 24.3 Å². The van der Waals surface area contributed by atoms with Crippen molar-refractivity contribution in [3.63, 3.8) is 0 Å². The second kappa shape index (κ2) is 7.81. The number of benzene rings is 1. The van der Waals surface area contributed by atoms with Gasteiger partial charge in [-0.2, -0.15) is 13.2 Å². The van der Waals surface area contributed by atoms with Crippen LogP contribution >= 0.6 is 0 Å². The third-order valence-corrected chi connectivity index (χ3v) is 4.29. The van der Waals surface area contributed by atoms with Crippen LogP contribution < -0.4 is 5.32 Å². The molecule has 1 unspecified atom stereocenters. The van der Waals surface area contributed by atoms with Crippen molar-refractivity contribution in [3.05, 3.63) is 35.4 Å². The second-order valence-corrected chi connectivity index (χ2v) is 6.08. The van der Waals surface area contributed by atoms with Crippen LogP contribution in [0.2, 0.25) is 0 Å². The summed E-state index contributed by atoms with van der Waals surface area (Å²) in [4.78, 5) is 14.3. The van der Waals surface area contributed by atoms with Crippen molar-refractivity contribution in [1.82, 2.24) is 10.2 Å². The van der Waals surface area contributed by atoms with Gasteiger partial charge in [0.1, 0.15) is 0 Å². The second-order valence-electron chi connectivity index (χ2n) is 6.08. The zero-order valence-corrected chi connectivity index (χ0v) is 13.3. The largest absolute Gasteiger partial charge is 0.416 e. The van der Waals surface area contributed by atoms with Crippen LogP contribution in [0, 0.1) is 0 Å². The Hall–Kier alpha value is -1.56. The molecule has 1 heterocycles. The zero-order valence-electron chi connectivity index (χ0n) is 13.3. The van der Waals surface area contributed by atoms with E-state index < -0.39 is 11.7 Å². The Morgan fingerprint density at radius 1 is 1.30 bits per heavy atom. The number of likely N-dealkylation sites (tertiary alicyclic amines) is 1. The van der Waals surface area contributed by atoms with E-state index in [1.54, 1.807) is 6.07 Å². The zero-order chi connectivity index (χ0) is 16.9. The molecule has 1 amide bonds. The predicted octanol–water partition coefficient (Wildman–Crippen LogP) is 3.24. The molecule has 0 radical (unpaired) electrons. The highest BCUT2D eigenvalue weighted by Crippen LogP contribution is 2.29. The Bertz CT molecular complexity index is 531. The third-order valence-electron chi connectivity index (χ3n) is 4.29. The molecule has 1 saturated heterocycles. The lowest BCUT2D eigenvalue weighted by molar-refractivity contribution is -0.137. The normalized spacial score (nSPS) is 20.1. The lowest BCUT2D eigenvalue weighted by atomic mass is 10.1. The molecule has 6 heteroatoms. The summed E-state index contributed by atoms with van der Waals surface area (Å²) in [7, 11) is 1.95. The van der Waals surface area contributed by atoms with E-state index in [1.807, 2.05) is 7.05 Å². The highest BCUT2D eigenvalue weighted by Gasteiger charge is 2.30. The van der Waals surface area contributed by atoms with Gasteiger partial charge in [-0.1, -0.05) is 31.0 Å². The van der Waals surface area contributed by atoms with Gasteiger partial charge in [-0.05, 0) is 44.5 Å². The van der Waals surface area contributed by atoms with E-state index in [-0.39, 0.29) is 11.9 Å². The number of halogens is 3. The molecule has 0 saturated carbocycles. The van der Waals surface area contributed by atoms with Crippen LogP contribution in [-0.2, 0) is 17.4 Å². The summed E-state index contributed by atoms with van der Waals surface area (Å²) in [5.41, 5.74) is -0.0702. The minimum Gasteiger partial charge on any atom is -0.354 e. The Morgan fingerprint density at radius 3 is 2.83 bits per heavy atom. The van der Waals surface area contributed by atoms with Crippen molar-refractivity contribution >= 4 is 5.91 Å². The molecule has 0 spiro atoms. The van der Waals surface area contributed by atoms with Crippen molar-refractivity contribution in [2.24, 2.45) is 0 Å². The topological polar surface area (TPSA) is 32.3 Å². The van der Waals surface area contributed by atoms with Gasteiger partial charge >= 0.3 is 6.18 Å². The standard InChI is InChI=1S/C17H23F3N2O/c1-22-11-4-2-3-8-15(22)16(23)21-10-9-13-6-5-7-14(12-13)17(18,19)20/h5-7,12,15H,2-4,8-11H2,1H3,(H,21,23). The Labute approximate surface area is 134 Å². The fraction of sp³-hybridized carbons (Fsp3) is 0.588. The molecule has 0 bridgehead atoms. The van der Waals surface area contributed by atoms with Crippen LogP contribution in [-0.4, -0.2) is 37.0 Å². The SMILES string of the molecule is CN1CCCCCC1C(=O)NCCc1cccc(C(F)(F)F)c1. The van der Waals surface area contributed by atoms with Crippen molar-refractivity contribution in [2.45, 2.75) is 44.3 Å². The maximum atomic E-state index is 12.7. The van der Waals surface area contributed by atoms with E-state index in [0.717, 1.165) is 44.4 Å². The maximum absolute atomic E-state index is 12.7. The van der Waals surface area contributed by atoms with Crippen molar-refractivity contribution in [2.75, 3.05) is 20.1 Å². The molecule has 1 fully saturated rings. The van der Waals surface area contributed by atoms with Gasteiger partial charge in [-0.15, -0.1) is 0 Å². The van der Waals surface area contributed by atoms with E-state index in [1.165, 1.54) is 6.07 Å². The lowest BCUT2D eigenvalue weighted by Crippen LogP contribution is -2.45. The Balaban J connectivity index is 1.86. The van der Waals surface area contributed by atoms with Gasteiger partial charge in [0.25, 0.3) is 0 Å².